The first-order chi connectivity index (χ1) is 20.3. The lowest BCUT2D eigenvalue weighted by atomic mass is 9.77. The molecule has 0 aromatic heterocycles. The highest BCUT2D eigenvalue weighted by Crippen LogP contribution is 2.47. The Morgan fingerprint density at radius 2 is 1.17 bits per heavy atom. The number of ether oxygens (including phenoxy) is 1. The Labute approximate surface area is 256 Å². The maximum absolute atomic E-state index is 6.32. The van der Waals surface area contributed by atoms with Gasteiger partial charge in [0, 0.05) is 12.1 Å². The first-order valence-corrected chi connectivity index (χ1v) is 16.8. The SMILES string of the molecule is COc1ccc(C(NCCCCCCCOP(OC(C)C)N(C(C)C)C(C)C)(c2ccccc2)c2ccccc2)cc1. The zero-order chi connectivity index (χ0) is 30.4. The van der Waals surface area contributed by atoms with E-state index >= 15 is 0 Å². The largest absolute Gasteiger partial charge is 0.497 e. The van der Waals surface area contributed by atoms with Crippen molar-refractivity contribution < 1.29 is 13.8 Å². The Bertz CT molecular complexity index is 1080. The van der Waals surface area contributed by atoms with Gasteiger partial charge in [0.1, 0.15) is 5.75 Å². The summed E-state index contributed by atoms with van der Waals surface area (Å²) in [6.07, 6.45) is 5.85. The van der Waals surface area contributed by atoms with Crippen LogP contribution in [0.15, 0.2) is 84.9 Å². The number of nitrogens with one attached hydrogen (secondary N) is 1. The van der Waals surface area contributed by atoms with Crippen LogP contribution >= 0.6 is 8.53 Å². The van der Waals surface area contributed by atoms with Gasteiger partial charge in [-0.05, 0) is 89.8 Å². The van der Waals surface area contributed by atoms with Gasteiger partial charge < -0.3 is 13.8 Å². The average Bonchev–Trinajstić information content (AvgIpc) is 2.98. The van der Waals surface area contributed by atoms with E-state index in [1.165, 1.54) is 29.5 Å². The van der Waals surface area contributed by atoms with Gasteiger partial charge >= 0.3 is 0 Å². The number of nitrogens with zero attached hydrogens (tertiary/aromatic N) is 1. The molecular formula is C36H53N2O3P. The summed E-state index contributed by atoms with van der Waals surface area (Å²) in [5.74, 6) is 0.863. The lowest BCUT2D eigenvalue weighted by molar-refractivity contribution is 0.146. The predicted molar refractivity (Wildman–Crippen MR) is 178 cm³/mol. The van der Waals surface area contributed by atoms with Gasteiger partial charge in [0.15, 0.2) is 0 Å². The molecule has 230 valence electrons. The van der Waals surface area contributed by atoms with Crippen LogP contribution < -0.4 is 10.1 Å². The van der Waals surface area contributed by atoms with Gasteiger partial charge in [0.25, 0.3) is 8.53 Å². The molecule has 1 unspecified atom stereocenters. The molecule has 3 rings (SSSR count). The molecule has 1 N–H and O–H groups in total. The fourth-order valence-electron chi connectivity index (χ4n) is 5.50. The molecule has 0 aliphatic rings. The molecular weight excluding hydrogens is 539 g/mol. The Kier molecular flexibility index (Phi) is 14.5. The van der Waals surface area contributed by atoms with E-state index in [-0.39, 0.29) is 6.10 Å². The predicted octanol–water partition coefficient (Wildman–Crippen LogP) is 9.31. The van der Waals surface area contributed by atoms with E-state index in [1.54, 1.807) is 7.11 Å². The molecule has 0 amide bonds. The molecule has 1 atom stereocenters. The van der Waals surface area contributed by atoms with Crippen molar-refractivity contribution in [2.45, 2.75) is 97.4 Å². The van der Waals surface area contributed by atoms with Gasteiger partial charge in [0.2, 0.25) is 0 Å². The van der Waals surface area contributed by atoms with Crippen LogP contribution in [-0.4, -0.2) is 43.1 Å². The van der Waals surface area contributed by atoms with Crippen molar-refractivity contribution in [1.82, 2.24) is 9.99 Å². The zero-order valence-electron chi connectivity index (χ0n) is 26.9. The molecule has 0 heterocycles. The van der Waals surface area contributed by atoms with Crippen LogP contribution in [0.4, 0.5) is 0 Å². The van der Waals surface area contributed by atoms with E-state index in [0.29, 0.717) is 12.1 Å². The Hall–Kier alpha value is -2.27. The van der Waals surface area contributed by atoms with Crippen molar-refractivity contribution in [1.29, 1.82) is 0 Å². The molecule has 0 saturated carbocycles. The van der Waals surface area contributed by atoms with Crippen molar-refractivity contribution in [2.75, 3.05) is 20.3 Å². The van der Waals surface area contributed by atoms with E-state index in [2.05, 4.69) is 136 Å². The van der Waals surface area contributed by atoms with E-state index in [4.69, 9.17) is 13.8 Å². The lowest BCUT2D eigenvalue weighted by Crippen LogP contribution is -2.45. The highest BCUT2D eigenvalue weighted by atomic mass is 31.2. The molecule has 5 nitrogen and oxygen atoms in total. The molecule has 3 aromatic rings. The van der Waals surface area contributed by atoms with Crippen LogP contribution in [0.2, 0.25) is 0 Å². The fraction of sp³-hybridized carbons (Fsp3) is 0.500. The minimum absolute atomic E-state index is 0.153. The first-order valence-electron chi connectivity index (χ1n) is 15.7. The third-order valence-corrected chi connectivity index (χ3v) is 9.70. The van der Waals surface area contributed by atoms with Crippen LogP contribution in [0.5, 0.6) is 5.75 Å². The van der Waals surface area contributed by atoms with Crippen molar-refractivity contribution in [3.8, 4) is 5.75 Å². The average molecular weight is 593 g/mol. The smallest absolute Gasteiger partial charge is 0.259 e. The second-order valence-corrected chi connectivity index (χ2v) is 13.1. The summed E-state index contributed by atoms with van der Waals surface area (Å²) in [4.78, 5) is 0. The third kappa shape index (κ3) is 9.62. The van der Waals surface area contributed by atoms with Crippen molar-refractivity contribution in [3.05, 3.63) is 102 Å². The molecule has 0 aliphatic carbocycles. The summed E-state index contributed by atoms with van der Waals surface area (Å²) in [6, 6.07) is 30.8. The van der Waals surface area contributed by atoms with Gasteiger partial charge in [-0.15, -0.1) is 0 Å². The number of unbranched alkanes of at least 4 members (excludes halogenated alkanes) is 4. The summed E-state index contributed by atoms with van der Waals surface area (Å²) in [7, 11) is 0.674. The Balaban J connectivity index is 1.59. The molecule has 0 saturated heterocycles. The van der Waals surface area contributed by atoms with Gasteiger partial charge in [-0.3, -0.25) is 5.32 Å². The second-order valence-electron chi connectivity index (χ2n) is 11.7. The van der Waals surface area contributed by atoms with E-state index in [9.17, 15) is 0 Å². The van der Waals surface area contributed by atoms with Crippen LogP contribution in [0.3, 0.4) is 0 Å². The van der Waals surface area contributed by atoms with Crippen molar-refractivity contribution in [2.24, 2.45) is 0 Å². The number of methoxy groups -OCH3 is 1. The van der Waals surface area contributed by atoms with Crippen molar-refractivity contribution in [3.63, 3.8) is 0 Å². The van der Waals surface area contributed by atoms with Crippen LogP contribution in [0.25, 0.3) is 0 Å². The minimum Gasteiger partial charge on any atom is -0.497 e. The van der Waals surface area contributed by atoms with Crippen LogP contribution in [0, 0.1) is 0 Å². The van der Waals surface area contributed by atoms with Gasteiger partial charge in [-0.1, -0.05) is 92.1 Å². The van der Waals surface area contributed by atoms with E-state index in [1.807, 2.05) is 0 Å². The number of rotatable bonds is 19. The maximum Gasteiger partial charge on any atom is 0.259 e. The summed E-state index contributed by atoms with van der Waals surface area (Å²) in [5.41, 5.74) is 3.22. The molecule has 0 aliphatic heterocycles. The number of hydrogen-bond acceptors (Lipinski definition) is 5. The fourth-order valence-corrected chi connectivity index (χ4v) is 7.21. The maximum atomic E-state index is 6.32. The molecule has 0 fully saturated rings. The second kappa shape index (κ2) is 17.8. The molecule has 0 bridgehead atoms. The first kappa shape index (κ1) is 34.2. The van der Waals surface area contributed by atoms with Gasteiger partial charge in [-0.2, -0.15) is 0 Å². The van der Waals surface area contributed by atoms with Crippen LogP contribution in [-0.2, 0) is 14.6 Å². The molecule has 0 radical (unpaired) electrons. The quantitative estimate of drug-likeness (QED) is 0.0854. The molecule has 6 heteroatoms. The Morgan fingerprint density at radius 1 is 0.667 bits per heavy atom. The van der Waals surface area contributed by atoms with Gasteiger partial charge in [0.05, 0.1) is 25.4 Å². The molecule has 42 heavy (non-hydrogen) atoms. The zero-order valence-corrected chi connectivity index (χ0v) is 27.8. The van der Waals surface area contributed by atoms with E-state index in [0.717, 1.165) is 38.2 Å². The highest BCUT2D eigenvalue weighted by Gasteiger charge is 2.35. The number of hydrogen-bond donors (Lipinski definition) is 1. The summed E-state index contributed by atoms with van der Waals surface area (Å²) >= 11 is 0. The lowest BCUT2D eigenvalue weighted by Gasteiger charge is -2.37. The monoisotopic (exact) mass is 592 g/mol. The number of benzene rings is 3. The standard InChI is InChI=1S/C36H53N2O3P/c1-29(2)38(30(3)4)42(41-31(5)6)40-28-18-10-8-9-17-27-37-36(32-19-13-11-14-20-32,33-21-15-12-16-22-33)34-23-25-35(39-7)26-24-34/h11-16,19-26,29-31,37H,8-10,17-18,27-28H2,1-7H3. The summed E-state index contributed by atoms with van der Waals surface area (Å²) in [6.45, 7) is 14.7. The highest BCUT2D eigenvalue weighted by molar-refractivity contribution is 7.44. The van der Waals surface area contributed by atoms with Crippen molar-refractivity contribution >= 4 is 8.53 Å². The molecule has 0 spiro atoms. The third-order valence-electron chi connectivity index (χ3n) is 7.40. The molecule has 3 aromatic carbocycles. The Morgan fingerprint density at radius 3 is 1.67 bits per heavy atom. The van der Waals surface area contributed by atoms with E-state index < -0.39 is 14.1 Å². The normalized spacial score (nSPS) is 12.9. The van der Waals surface area contributed by atoms with Gasteiger partial charge in [-0.25, -0.2) is 4.67 Å². The summed E-state index contributed by atoms with van der Waals surface area (Å²) in [5, 5.41) is 4.00. The van der Waals surface area contributed by atoms with Crippen LogP contribution in [0.1, 0.15) is 90.3 Å². The minimum atomic E-state index is -1.04. The summed E-state index contributed by atoms with van der Waals surface area (Å²) < 4.78 is 20.4. The topological polar surface area (TPSA) is 43.0 Å².